The van der Waals surface area contributed by atoms with E-state index in [0.717, 1.165) is 28.8 Å². The van der Waals surface area contributed by atoms with Crippen molar-refractivity contribution in [1.82, 2.24) is 19.9 Å². The van der Waals surface area contributed by atoms with Gasteiger partial charge in [-0.3, -0.25) is 9.78 Å². The molecule has 0 spiro atoms. The number of imidazole rings is 1. The smallest absolute Gasteiger partial charge is 0.269 e. The van der Waals surface area contributed by atoms with Crippen LogP contribution in [0.5, 0.6) is 0 Å². The normalized spacial score (nSPS) is 11.2. The molecule has 0 aliphatic rings. The van der Waals surface area contributed by atoms with E-state index in [9.17, 15) is 4.79 Å². The Morgan fingerprint density at radius 1 is 1.25 bits per heavy atom. The molecule has 124 valence electrons. The molecule has 1 N–H and O–H groups in total. The summed E-state index contributed by atoms with van der Waals surface area (Å²) in [5.41, 5.74) is 3.76. The summed E-state index contributed by atoms with van der Waals surface area (Å²) in [7, 11) is 2.05. The number of rotatable bonds is 5. The third kappa shape index (κ3) is 3.30. The summed E-state index contributed by atoms with van der Waals surface area (Å²) >= 11 is 0. The molecule has 3 aromatic rings. The molecule has 2 aromatic heterocycles. The van der Waals surface area contributed by atoms with E-state index in [1.165, 1.54) is 0 Å². The van der Waals surface area contributed by atoms with E-state index in [1.807, 2.05) is 6.07 Å². The van der Waals surface area contributed by atoms with Gasteiger partial charge in [0.05, 0.1) is 11.0 Å². The van der Waals surface area contributed by atoms with Gasteiger partial charge in [0.1, 0.15) is 11.5 Å². The Morgan fingerprint density at radius 2 is 2.08 bits per heavy atom. The van der Waals surface area contributed by atoms with Crippen molar-refractivity contribution in [2.75, 3.05) is 6.54 Å². The summed E-state index contributed by atoms with van der Waals surface area (Å²) in [5, 5.41) is 2.90. The zero-order valence-corrected chi connectivity index (χ0v) is 14.3. The van der Waals surface area contributed by atoms with Crippen LogP contribution in [0.2, 0.25) is 0 Å². The van der Waals surface area contributed by atoms with E-state index in [-0.39, 0.29) is 5.91 Å². The molecule has 0 fully saturated rings. The van der Waals surface area contributed by atoms with Crippen molar-refractivity contribution in [2.24, 2.45) is 7.05 Å². The van der Waals surface area contributed by atoms with E-state index in [2.05, 4.69) is 54.0 Å². The topological polar surface area (TPSA) is 59.8 Å². The maximum absolute atomic E-state index is 12.0. The molecule has 0 saturated heterocycles. The van der Waals surface area contributed by atoms with Crippen molar-refractivity contribution in [3.05, 3.63) is 59.7 Å². The molecule has 1 aromatic carbocycles. The number of hydrogen-bond acceptors (Lipinski definition) is 3. The Morgan fingerprint density at radius 3 is 2.79 bits per heavy atom. The van der Waals surface area contributed by atoms with Crippen molar-refractivity contribution in [2.45, 2.75) is 26.2 Å². The van der Waals surface area contributed by atoms with Crippen LogP contribution in [0.4, 0.5) is 0 Å². The van der Waals surface area contributed by atoms with Gasteiger partial charge in [-0.05, 0) is 36.2 Å². The highest BCUT2D eigenvalue weighted by Crippen LogP contribution is 2.21. The molecule has 5 nitrogen and oxygen atoms in total. The average molecular weight is 322 g/mol. The van der Waals surface area contributed by atoms with Gasteiger partial charge in [-0.15, -0.1) is 0 Å². The van der Waals surface area contributed by atoms with Gasteiger partial charge in [0.2, 0.25) is 0 Å². The van der Waals surface area contributed by atoms with Gasteiger partial charge in [-0.1, -0.05) is 26.0 Å². The number of fused-ring (bicyclic) bond motifs is 1. The number of nitrogens with one attached hydrogen (secondary N) is 1. The number of carbonyl (C=O) groups excluding carboxylic acids is 1. The number of aryl methyl sites for hydroxylation is 1. The predicted molar refractivity (Wildman–Crippen MR) is 95.1 cm³/mol. The van der Waals surface area contributed by atoms with Crippen LogP contribution in [-0.4, -0.2) is 27.0 Å². The van der Waals surface area contributed by atoms with Crippen LogP contribution in [0, 0.1) is 0 Å². The minimum Gasteiger partial charge on any atom is -0.350 e. The van der Waals surface area contributed by atoms with Crippen molar-refractivity contribution in [3.8, 4) is 0 Å². The van der Waals surface area contributed by atoms with Crippen LogP contribution in [0.3, 0.4) is 0 Å². The SMILES string of the molecule is CC(C)c1nc2cc(CCNC(=O)c3ccccn3)ccc2n1C. The number of benzene rings is 1. The second kappa shape index (κ2) is 6.83. The second-order valence-electron chi connectivity index (χ2n) is 6.23. The van der Waals surface area contributed by atoms with Crippen LogP contribution in [0.15, 0.2) is 42.6 Å². The summed E-state index contributed by atoms with van der Waals surface area (Å²) < 4.78 is 2.15. The molecule has 0 aliphatic carbocycles. The summed E-state index contributed by atoms with van der Waals surface area (Å²) in [6, 6.07) is 11.6. The van der Waals surface area contributed by atoms with Crippen molar-refractivity contribution in [3.63, 3.8) is 0 Å². The van der Waals surface area contributed by atoms with Gasteiger partial charge < -0.3 is 9.88 Å². The molecule has 24 heavy (non-hydrogen) atoms. The third-order valence-electron chi connectivity index (χ3n) is 4.09. The fraction of sp³-hybridized carbons (Fsp3) is 0.316. The predicted octanol–water partition coefficient (Wildman–Crippen LogP) is 3.06. The number of nitrogens with zero attached hydrogens (tertiary/aromatic N) is 3. The van der Waals surface area contributed by atoms with E-state index in [4.69, 9.17) is 4.98 Å². The van der Waals surface area contributed by atoms with Gasteiger partial charge in [0.15, 0.2) is 0 Å². The molecular weight excluding hydrogens is 300 g/mol. The minimum atomic E-state index is -0.142. The zero-order valence-electron chi connectivity index (χ0n) is 14.3. The first-order valence-corrected chi connectivity index (χ1v) is 8.20. The lowest BCUT2D eigenvalue weighted by molar-refractivity contribution is 0.0949. The highest BCUT2D eigenvalue weighted by atomic mass is 16.1. The maximum Gasteiger partial charge on any atom is 0.269 e. The molecular formula is C19H22N4O. The summed E-state index contributed by atoms with van der Waals surface area (Å²) in [4.78, 5) is 20.8. The first-order chi connectivity index (χ1) is 11.6. The first-order valence-electron chi connectivity index (χ1n) is 8.20. The molecule has 0 aliphatic heterocycles. The van der Waals surface area contributed by atoms with E-state index < -0.39 is 0 Å². The van der Waals surface area contributed by atoms with Crippen LogP contribution in [0.25, 0.3) is 11.0 Å². The van der Waals surface area contributed by atoms with Crippen molar-refractivity contribution >= 4 is 16.9 Å². The summed E-state index contributed by atoms with van der Waals surface area (Å²) in [5.74, 6) is 1.34. The number of amides is 1. The highest BCUT2D eigenvalue weighted by Gasteiger charge is 2.11. The lowest BCUT2D eigenvalue weighted by Gasteiger charge is -2.06. The van der Waals surface area contributed by atoms with Crippen molar-refractivity contribution in [1.29, 1.82) is 0 Å². The highest BCUT2D eigenvalue weighted by molar-refractivity contribution is 5.92. The Bertz CT molecular complexity index is 852. The Hall–Kier alpha value is -2.69. The quantitative estimate of drug-likeness (QED) is 0.785. The molecule has 0 unspecified atom stereocenters. The monoisotopic (exact) mass is 322 g/mol. The summed E-state index contributed by atoms with van der Waals surface area (Å²) in [6.45, 7) is 4.87. The minimum absolute atomic E-state index is 0.142. The molecule has 0 radical (unpaired) electrons. The number of hydrogen-bond donors (Lipinski definition) is 1. The molecule has 0 bridgehead atoms. The third-order valence-corrected chi connectivity index (χ3v) is 4.09. The number of aromatic nitrogens is 3. The van der Waals surface area contributed by atoms with E-state index >= 15 is 0 Å². The molecule has 5 heteroatoms. The van der Waals surface area contributed by atoms with Gasteiger partial charge in [-0.25, -0.2) is 4.98 Å². The van der Waals surface area contributed by atoms with Gasteiger partial charge in [0.25, 0.3) is 5.91 Å². The first kappa shape index (κ1) is 16.2. The number of carbonyl (C=O) groups is 1. The lowest BCUT2D eigenvalue weighted by Crippen LogP contribution is -2.26. The standard InChI is InChI=1S/C19H22N4O/c1-13(2)18-22-16-12-14(7-8-17(16)23(18)3)9-11-21-19(24)15-6-4-5-10-20-15/h4-8,10,12-13H,9,11H2,1-3H3,(H,21,24). The largest absolute Gasteiger partial charge is 0.350 e. The molecule has 1 amide bonds. The van der Waals surface area contributed by atoms with Crippen LogP contribution in [0.1, 0.15) is 41.6 Å². The van der Waals surface area contributed by atoms with Crippen LogP contribution >= 0.6 is 0 Å². The van der Waals surface area contributed by atoms with E-state index in [0.29, 0.717) is 18.2 Å². The van der Waals surface area contributed by atoms with Crippen LogP contribution < -0.4 is 5.32 Å². The number of pyridine rings is 1. The summed E-state index contributed by atoms with van der Waals surface area (Å²) in [6.07, 6.45) is 2.39. The Balaban J connectivity index is 1.66. The lowest BCUT2D eigenvalue weighted by atomic mass is 10.1. The van der Waals surface area contributed by atoms with Gasteiger partial charge in [0, 0.05) is 25.7 Å². The average Bonchev–Trinajstić information content (AvgIpc) is 2.92. The Kier molecular flexibility index (Phi) is 4.60. The fourth-order valence-electron chi connectivity index (χ4n) is 2.84. The molecule has 0 atom stereocenters. The Labute approximate surface area is 141 Å². The van der Waals surface area contributed by atoms with E-state index in [1.54, 1.807) is 18.3 Å². The maximum atomic E-state index is 12.0. The van der Waals surface area contributed by atoms with Gasteiger partial charge in [-0.2, -0.15) is 0 Å². The zero-order chi connectivity index (χ0) is 17.1. The molecule has 3 rings (SSSR count). The van der Waals surface area contributed by atoms with Gasteiger partial charge >= 0.3 is 0 Å². The fourth-order valence-corrected chi connectivity index (χ4v) is 2.84. The van der Waals surface area contributed by atoms with Crippen molar-refractivity contribution < 1.29 is 4.79 Å². The molecule has 0 saturated carbocycles. The second-order valence-corrected chi connectivity index (χ2v) is 6.23. The molecule has 2 heterocycles. The van der Waals surface area contributed by atoms with Crippen LogP contribution in [-0.2, 0) is 13.5 Å².